The molecule has 106 valence electrons. The minimum atomic E-state index is -0.390. The zero-order valence-corrected chi connectivity index (χ0v) is 12.2. The average Bonchev–Trinajstić information content (AvgIpc) is 2.68. The highest BCUT2D eigenvalue weighted by Crippen LogP contribution is 2.06. The van der Waals surface area contributed by atoms with Gasteiger partial charge in [-0.15, -0.1) is 0 Å². The van der Waals surface area contributed by atoms with Gasteiger partial charge in [0.05, 0.1) is 0 Å². The summed E-state index contributed by atoms with van der Waals surface area (Å²) in [5.41, 5.74) is -0.390. The van der Waals surface area contributed by atoms with Crippen molar-refractivity contribution in [2.75, 3.05) is 19.6 Å². The SMILES string of the molecule is CC(=O)N1CCCC1.CCNC(=O)OC(C)(C)C. The van der Waals surface area contributed by atoms with Crippen molar-refractivity contribution in [3.63, 3.8) is 0 Å². The molecule has 0 atom stereocenters. The molecule has 1 saturated heterocycles. The molecule has 0 aromatic carbocycles. The van der Waals surface area contributed by atoms with Crippen LogP contribution < -0.4 is 5.32 Å². The first-order valence-corrected chi connectivity index (χ1v) is 6.48. The molecule has 5 heteroatoms. The maximum atomic E-state index is 10.7. The lowest BCUT2D eigenvalue weighted by Crippen LogP contribution is -2.32. The minimum absolute atomic E-state index is 0.225. The molecule has 0 saturated carbocycles. The van der Waals surface area contributed by atoms with Gasteiger partial charge in [-0.2, -0.15) is 0 Å². The van der Waals surface area contributed by atoms with Gasteiger partial charge in [-0.3, -0.25) is 4.79 Å². The number of carbonyl (C=O) groups excluding carboxylic acids is 2. The van der Waals surface area contributed by atoms with Crippen LogP contribution in [0, 0.1) is 0 Å². The van der Waals surface area contributed by atoms with Crippen LogP contribution in [-0.2, 0) is 9.53 Å². The van der Waals surface area contributed by atoms with Crippen molar-refractivity contribution in [3.8, 4) is 0 Å². The van der Waals surface area contributed by atoms with E-state index in [4.69, 9.17) is 4.74 Å². The van der Waals surface area contributed by atoms with Crippen LogP contribution in [0.25, 0.3) is 0 Å². The van der Waals surface area contributed by atoms with Crippen LogP contribution in [0.1, 0.15) is 47.5 Å². The van der Waals surface area contributed by atoms with E-state index < -0.39 is 0 Å². The summed E-state index contributed by atoms with van der Waals surface area (Å²) in [7, 11) is 0. The lowest BCUT2D eigenvalue weighted by Gasteiger charge is -2.19. The van der Waals surface area contributed by atoms with Gasteiger partial charge in [0.1, 0.15) is 5.60 Å². The lowest BCUT2D eigenvalue weighted by atomic mass is 10.2. The van der Waals surface area contributed by atoms with Crippen molar-refractivity contribution in [2.24, 2.45) is 0 Å². The molecular formula is C13H26N2O3. The van der Waals surface area contributed by atoms with E-state index in [1.54, 1.807) is 6.92 Å². The Hall–Kier alpha value is -1.26. The Morgan fingerprint density at radius 2 is 1.72 bits per heavy atom. The van der Waals surface area contributed by atoms with Gasteiger partial charge < -0.3 is 15.0 Å². The first-order chi connectivity index (χ1) is 8.26. The molecule has 5 nitrogen and oxygen atoms in total. The fraction of sp³-hybridized carbons (Fsp3) is 0.846. The highest BCUT2D eigenvalue weighted by Gasteiger charge is 2.14. The van der Waals surface area contributed by atoms with Crippen LogP contribution in [0.4, 0.5) is 4.79 Å². The zero-order valence-electron chi connectivity index (χ0n) is 12.2. The van der Waals surface area contributed by atoms with Gasteiger partial charge in [-0.1, -0.05) is 0 Å². The molecule has 0 unspecified atom stereocenters. The van der Waals surface area contributed by atoms with E-state index in [-0.39, 0.29) is 17.6 Å². The summed E-state index contributed by atoms with van der Waals surface area (Å²) in [6, 6.07) is 0. The lowest BCUT2D eigenvalue weighted by molar-refractivity contribution is -0.127. The predicted molar refractivity (Wildman–Crippen MR) is 71.4 cm³/mol. The number of nitrogens with zero attached hydrogens (tertiary/aromatic N) is 1. The number of nitrogens with one attached hydrogen (secondary N) is 1. The molecule has 1 aliphatic heterocycles. The van der Waals surface area contributed by atoms with E-state index in [1.165, 1.54) is 12.8 Å². The minimum Gasteiger partial charge on any atom is -0.444 e. The molecule has 1 fully saturated rings. The van der Waals surface area contributed by atoms with E-state index in [9.17, 15) is 9.59 Å². The predicted octanol–water partition coefficient (Wildman–Crippen LogP) is 2.16. The Labute approximate surface area is 110 Å². The molecule has 2 amide bonds. The Morgan fingerprint density at radius 1 is 1.22 bits per heavy atom. The number of rotatable bonds is 1. The number of hydrogen-bond donors (Lipinski definition) is 1. The standard InChI is InChI=1S/C7H15NO2.C6H11NO/c1-5-8-6(9)10-7(2,3)4;1-6(8)7-4-2-3-5-7/h5H2,1-4H3,(H,8,9);2-5H2,1H3. The van der Waals surface area contributed by atoms with Crippen molar-refractivity contribution >= 4 is 12.0 Å². The number of alkyl carbamates (subject to hydrolysis) is 1. The van der Waals surface area contributed by atoms with Crippen molar-refractivity contribution in [2.45, 2.75) is 53.1 Å². The van der Waals surface area contributed by atoms with E-state index in [0.717, 1.165) is 13.1 Å². The Bertz CT molecular complexity index is 266. The third kappa shape index (κ3) is 8.84. The quantitative estimate of drug-likeness (QED) is 0.784. The first kappa shape index (κ1) is 16.7. The number of carbonyl (C=O) groups is 2. The maximum absolute atomic E-state index is 10.7. The summed E-state index contributed by atoms with van der Waals surface area (Å²) in [5, 5.41) is 2.54. The van der Waals surface area contributed by atoms with Crippen LogP contribution in [0.5, 0.6) is 0 Å². The maximum Gasteiger partial charge on any atom is 0.407 e. The zero-order chi connectivity index (χ0) is 14.2. The highest BCUT2D eigenvalue weighted by molar-refractivity contribution is 5.73. The normalized spacial score (nSPS) is 14.6. The molecule has 1 aliphatic rings. The third-order valence-corrected chi connectivity index (χ3v) is 2.27. The first-order valence-electron chi connectivity index (χ1n) is 6.48. The van der Waals surface area contributed by atoms with Crippen molar-refractivity contribution < 1.29 is 14.3 Å². The largest absolute Gasteiger partial charge is 0.444 e. The van der Waals surface area contributed by atoms with Gasteiger partial charge in [0, 0.05) is 26.6 Å². The molecule has 0 bridgehead atoms. The highest BCUT2D eigenvalue weighted by atomic mass is 16.6. The monoisotopic (exact) mass is 258 g/mol. The molecule has 1 heterocycles. The molecule has 1 N–H and O–H groups in total. The fourth-order valence-electron chi connectivity index (χ4n) is 1.49. The summed E-state index contributed by atoms with van der Waals surface area (Å²) in [6.07, 6.45) is 2.04. The van der Waals surface area contributed by atoms with Crippen molar-refractivity contribution in [1.82, 2.24) is 10.2 Å². The molecule has 0 aromatic rings. The molecule has 1 rings (SSSR count). The van der Waals surface area contributed by atoms with E-state index >= 15 is 0 Å². The smallest absolute Gasteiger partial charge is 0.407 e. The van der Waals surface area contributed by atoms with Crippen LogP contribution in [0.2, 0.25) is 0 Å². The van der Waals surface area contributed by atoms with Gasteiger partial charge in [-0.25, -0.2) is 4.79 Å². The summed E-state index contributed by atoms with van der Waals surface area (Å²) >= 11 is 0. The average molecular weight is 258 g/mol. The van der Waals surface area contributed by atoms with Gasteiger partial charge in [-0.05, 0) is 40.5 Å². The number of likely N-dealkylation sites (tertiary alicyclic amines) is 1. The molecule has 0 spiro atoms. The van der Waals surface area contributed by atoms with Crippen molar-refractivity contribution in [3.05, 3.63) is 0 Å². The second kappa shape index (κ2) is 7.95. The molecule has 0 aliphatic carbocycles. The fourth-order valence-corrected chi connectivity index (χ4v) is 1.49. The second-order valence-corrected chi connectivity index (χ2v) is 5.25. The molecule has 0 radical (unpaired) electrons. The van der Waals surface area contributed by atoms with Gasteiger partial charge >= 0.3 is 6.09 Å². The molecular weight excluding hydrogens is 232 g/mol. The van der Waals surface area contributed by atoms with E-state index in [0.29, 0.717) is 6.54 Å². The summed E-state index contributed by atoms with van der Waals surface area (Å²) in [4.78, 5) is 23.2. The van der Waals surface area contributed by atoms with Crippen molar-refractivity contribution in [1.29, 1.82) is 0 Å². The Balaban J connectivity index is 0.000000327. The van der Waals surface area contributed by atoms with Crippen LogP contribution in [0.3, 0.4) is 0 Å². The van der Waals surface area contributed by atoms with E-state index in [2.05, 4.69) is 5.32 Å². The van der Waals surface area contributed by atoms with E-state index in [1.807, 2.05) is 32.6 Å². The second-order valence-electron chi connectivity index (χ2n) is 5.25. The van der Waals surface area contributed by atoms with Gasteiger partial charge in [0.25, 0.3) is 0 Å². The van der Waals surface area contributed by atoms with Gasteiger partial charge in [0.2, 0.25) is 5.91 Å². The number of amides is 2. The number of hydrogen-bond acceptors (Lipinski definition) is 3. The molecule has 18 heavy (non-hydrogen) atoms. The summed E-state index contributed by atoms with van der Waals surface area (Å²) < 4.78 is 4.93. The third-order valence-electron chi connectivity index (χ3n) is 2.27. The van der Waals surface area contributed by atoms with Gasteiger partial charge in [0.15, 0.2) is 0 Å². The van der Waals surface area contributed by atoms with Crippen LogP contribution in [0.15, 0.2) is 0 Å². The van der Waals surface area contributed by atoms with Crippen LogP contribution >= 0.6 is 0 Å². The van der Waals surface area contributed by atoms with Crippen LogP contribution in [-0.4, -0.2) is 42.1 Å². The topological polar surface area (TPSA) is 58.6 Å². The summed E-state index contributed by atoms with van der Waals surface area (Å²) in [5.74, 6) is 0.225. The Morgan fingerprint density at radius 3 is 2.00 bits per heavy atom. The number of ether oxygens (including phenoxy) is 1. The summed E-state index contributed by atoms with van der Waals surface area (Å²) in [6.45, 7) is 11.6. The molecule has 0 aromatic heterocycles. The Kier molecular flexibility index (Phi) is 7.39.